The minimum atomic E-state index is 0.657. The molecule has 0 bridgehead atoms. The van der Waals surface area contributed by atoms with E-state index in [0.29, 0.717) is 6.04 Å². The molecule has 1 atom stereocenters. The largest absolute Gasteiger partial charge is 0.317 e. The maximum absolute atomic E-state index is 4.66. The van der Waals surface area contributed by atoms with E-state index < -0.39 is 0 Å². The number of thiazole rings is 1. The first-order chi connectivity index (χ1) is 8.33. The van der Waals surface area contributed by atoms with Gasteiger partial charge in [0, 0.05) is 6.04 Å². The van der Waals surface area contributed by atoms with Gasteiger partial charge in [-0.25, -0.2) is 4.98 Å². The van der Waals surface area contributed by atoms with Crippen LogP contribution in [-0.4, -0.2) is 18.1 Å². The summed E-state index contributed by atoms with van der Waals surface area (Å²) in [5.41, 5.74) is 1.15. The third-order valence-corrected chi connectivity index (χ3v) is 4.28. The van der Waals surface area contributed by atoms with Gasteiger partial charge in [-0.05, 0) is 44.9 Å². The number of benzene rings is 1. The van der Waals surface area contributed by atoms with Crippen LogP contribution in [0.2, 0.25) is 0 Å². The van der Waals surface area contributed by atoms with Crippen molar-refractivity contribution in [2.45, 2.75) is 38.6 Å². The van der Waals surface area contributed by atoms with Gasteiger partial charge in [0.05, 0.1) is 15.2 Å². The molecule has 3 heteroatoms. The SMILES string of the molecule is CCC(CCCc1nc2ccccc2s1)NC. The standard InChI is InChI=1S/C14H20N2S/c1-3-11(15-2)7-6-10-14-16-12-8-4-5-9-13(12)17-14/h4-5,8-9,11,15H,3,6-7,10H2,1-2H3. The van der Waals surface area contributed by atoms with Gasteiger partial charge in [-0.2, -0.15) is 0 Å². The molecule has 0 saturated heterocycles. The van der Waals surface area contributed by atoms with Crippen LogP contribution in [0.25, 0.3) is 10.2 Å². The summed E-state index contributed by atoms with van der Waals surface area (Å²) in [6.45, 7) is 2.23. The van der Waals surface area contributed by atoms with Crippen LogP contribution >= 0.6 is 11.3 Å². The summed E-state index contributed by atoms with van der Waals surface area (Å²) in [6.07, 6.45) is 4.77. The number of aromatic nitrogens is 1. The van der Waals surface area contributed by atoms with E-state index in [4.69, 9.17) is 0 Å². The van der Waals surface area contributed by atoms with Crippen molar-refractivity contribution >= 4 is 21.6 Å². The predicted molar refractivity (Wildman–Crippen MR) is 75.7 cm³/mol. The van der Waals surface area contributed by atoms with Crippen molar-refractivity contribution in [1.29, 1.82) is 0 Å². The van der Waals surface area contributed by atoms with Crippen molar-refractivity contribution in [2.24, 2.45) is 0 Å². The van der Waals surface area contributed by atoms with Crippen LogP contribution in [0.5, 0.6) is 0 Å². The molecule has 2 aromatic rings. The molecule has 1 N–H and O–H groups in total. The topological polar surface area (TPSA) is 24.9 Å². The number of nitrogens with one attached hydrogen (secondary N) is 1. The Balaban J connectivity index is 1.90. The van der Waals surface area contributed by atoms with Gasteiger partial charge in [0.25, 0.3) is 0 Å². The molecule has 0 saturated carbocycles. The van der Waals surface area contributed by atoms with Crippen molar-refractivity contribution in [3.05, 3.63) is 29.3 Å². The zero-order valence-corrected chi connectivity index (χ0v) is 11.4. The second-order valence-electron chi connectivity index (χ2n) is 4.36. The first kappa shape index (κ1) is 12.5. The van der Waals surface area contributed by atoms with Crippen LogP contribution in [0.4, 0.5) is 0 Å². The van der Waals surface area contributed by atoms with Crippen molar-refractivity contribution in [2.75, 3.05) is 7.05 Å². The van der Waals surface area contributed by atoms with Crippen molar-refractivity contribution in [3.63, 3.8) is 0 Å². The van der Waals surface area contributed by atoms with Crippen molar-refractivity contribution in [1.82, 2.24) is 10.3 Å². The second-order valence-corrected chi connectivity index (χ2v) is 5.48. The van der Waals surface area contributed by atoms with Gasteiger partial charge in [0.1, 0.15) is 0 Å². The van der Waals surface area contributed by atoms with Gasteiger partial charge < -0.3 is 5.32 Å². The Morgan fingerprint density at radius 3 is 2.88 bits per heavy atom. The maximum Gasteiger partial charge on any atom is 0.0938 e. The smallest absolute Gasteiger partial charge is 0.0938 e. The van der Waals surface area contributed by atoms with Crippen LogP contribution in [0.3, 0.4) is 0 Å². The Bertz CT molecular complexity index is 427. The molecule has 0 aliphatic rings. The second kappa shape index (κ2) is 6.12. The number of nitrogens with zero attached hydrogens (tertiary/aromatic N) is 1. The summed E-state index contributed by atoms with van der Waals surface area (Å²) in [6, 6.07) is 9.04. The van der Waals surface area contributed by atoms with Crippen LogP contribution in [0.15, 0.2) is 24.3 Å². The zero-order chi connectivity index (χ0) is 12.1. The summed E-state index contributed by atoms with van der Waals surface area (Å²) in [5.74, 6) is 0. The van der Waals surface area contributed by atoms with E-state index in [1.807, 2.05) is 18.4 Å². The number of fused-ring (bicyclic) bond motifs is 1. The third-order valence-electron chi connectivity index (χ3n) is 3.18. The van der Waals surface area contributed by atoms with Gasteiger partial charge in [-0.1, -0.05) is 19.1 Å². The van der Waals surface area contributed by atoms with Crippen LogP contribution in [0.1, 0.15) is 31.2 Å². The highest BCUT2D eigenvalue weighted by Crippen LogP contribution is 2.22. The molecule has 0 aliphatic carbocycles. The Kier molecular flexibility index (Phi) is 4.51. The lowest BCUT2D eigenvalue weighted by molar-refractivity contribution is 0.491. The van der Waals surface area contributed by atoms with Crippen LogP contribution in [0, 0.1) is 0 Å². The molecular weight excluding hydrogens is 228 g/mol. The van der Waals surface area contributed by atoms with E-state index in [9.17, 15) is 0 Å². The summed E-state index contributed by atoms with van der Waals surface area (Å²) in [4.78, 5) is 4.66. The van der Waals surface area contributed by atoms with Gasteiger partial charge in [0.2, 0.25) is 0 Å². The fourth-order valence-electron chi connectivity index (χ4n) is 2.08. The van der Waals surface area contributed by atoms with Crippen LogP contribution < -0.4 is 5.32 Å². The summed E-state index contributed by atoms with van der Waals surface area (Å²) in [7, 11) is 2.05. The van der Waals surface area contributed by atoms with E-state index in [2.05, 4.69) is 41.5 Å². The molecule has 0 amide bonds. The molecule has 0 fully saturated rings. The number of hydrogen-bond donors (Lipinski definition) is 1. The number of hydrogen-bond acceptors (Lipinski definition) is 3. The number of rotatable bonds is 6. The Labute approximate surface area is 107 Å². The van der Waals surface area contributed by atoms with E-state index in [1.165, 1.54) is 29.0 Å². The Morgan fingerprint density at radius 2 is 2.18 bits per heavy atom. The molecule has 2 nitrogen and oxygen atoms in total. The minimum Gasteiger partial charge on any atom is -0.317 e. The molecule has 1 unspecified atom stereocenters. The molecular formula is C14H20N2S. The summed E-state index contributed by atoms with van der Waals surface area (Å²) >= 11 is 1.83. The fourth-order valence-corrected chi connectivity index (χ4v) is 3.09. The van der Waals surface area contributed by atoms with Gasteiger partial charge in [-0.15, -0.1) is 11.3 Å². The molecule has 0 radical (unpaired) electrons. The summed E-state index contributed by atoms with van der Waals surface area (Å²) in [5, 5.41) is 4.62. The van der Waals surface area contributed by atoms with E-state index >= 15 is 0 Å². The van der Waals surface area contributed by atoms with Crippen molar-refractivity contribution in [3.8, 4) is 0 Å². The first-order valence-corrected chi connectivity index (χ1v) is 7.17. The van der Waals surface area contributed by atoms with Gasteiger partial charge in [0.15, 0.2) is 0 Å². The van der Waals surface area contributed by atoms with Crippen molar-refractivity contribution < 1.29 is 0 Å². The first-order valence-electron chi connectivity index (χ1n) is 6.35. The average molecular weight is 248 g/mol. The molecule has 0 spiro atoms. The quantitative estimate of drug-likeness (QED) is 0.844. The lowest BCUT2D eigenvalue weighted by Gasteiger charge is -2.12. The lowest BCUT2D eigenvalue weighted by Crippen LogP contribution is -2.23. The minimum absolute atomic E-state index is 0.657. The fraction of sp³-hybridized carbons (Fsp3) is 0.500. The lowest BCUT2D eigenvalue weighted by atomic mass is 10.1. The monoisotopic (exact) mass is 248 g/mol. The number of aryl methyl sites for hydroxylation is 1. The van der Waals surface area contributed by atoms with Gasteiger partial charge >= 0.3 is 0 Å². The molecule has 0 aliphatic heterocycles. The molecule has 92 valence electrons. The molecule has 1 aromatic heterocycles. The zero-order valence-electron chi connectivity index (χ0n) is 10.6. The molecule has 17 heavy (non-hydrogen) atoms. The van der Waals surface area contributed by atoms with Gasteiger partial charge in [-0.3, -0.25) is 0 Å². The van der Waals surface area contributed by atoms with E-state index in [-0.39, 0.29) is 0 Å². The molecule has 1 heterocycles. The third kappa shape index (κ3) is 3.27. The maximum atomic E-state index is 4.66. The predicted octanol–water partition coefficient (Wildman–Crippen LogP) is 3.62. The highest BCUT2D eigenvalue weighted by Gasteiger charge is 2.05. The van der Waals surface area contributed by atoms with E-state index in [1.54, 1.807) is 0 Å². The Hall–Kier alpha value is -0.930. The molecule has 2 rings (SSSR count). The summed E-state index contributed by atoms with van der Waals surface area (Å²) < 4.78 is 1.31. The highest BCUT2D eigenvalue weighted by molar-refractivity contribution is 7.18. The average Bonchev–Trinajstić information content (AvgIpc) is 2.77. The Morgan fingerprint density at radius 1 is 1.35 bits per heavy atom. The highest BCUT2D eigenvalue weighted by atomic mass is 32.1. The number of para-hydroxylation sites is 1. The molecule has 1 aromatic carbocycles. The van der Waals surface area contributed by atoms with E-state index in [0.717, 1.165) is 11.9 Å². The normalized spacial score (nSPS) is 13.1. The van der Waals surface area contributed by atoms with Crippen LogP contribution in [-0.2, 0) is 6.42 Å².